The molecule has 0 N–H and O–H groups in total. The van der Waals surface area contributed by atoms with Gasteiger partial charge in [0.25, 0.3) is 0 Å². The summed E-state index contributed by atoms with van der Waals surface area (Å²) in [5, 5.41) is 0. The minimum absolute atomic E-state index is 0. The molecule has 0 saturated carbocycles. The number of hydrogen-bond donors (Lipinski definition) is 0. The van der Waals surface area contributed by atoms with Crippen molar-refractivity contribution < 1.29 is 36.9 Å². The molecule has 0 amide bonds. The van der Waals surface area contributed by atoms with Gasteiger partial charge in [0.15, 0.2) is 0 Å². The Morgan fingerprint density at radius 1 is 1.20 bits per heavy atom. The van der Waals surface area contributed by atoms with Crippen molar-refractivity contribution >= 4 is 71.4 Å². The van der Waals surface area contributed by atoms with Gasteiger partial charge in [0.05, 0.1) is 0 Å². The van der Waals surface area contributed by atoms with Gasteiger partial charge in [-0.25, -0.2) is 0 Å². The van der Waals surface area contributed by atoms with E-state index < -0.39 is 0 Å². The summed E-state index contributed by atoms with van der Waals surface area (Å²) in [5.74, 6) is 0. The Kier molecular flexibility index (Phi) is 130. The van der Waals surface area contributed by atoms with Crippen LogP contribution in [0.3, 0.4) is 0 Å². The molecule has 0 bridgehead atoms. The van der Waals surface area contributed by atoms with Gasteiger partial charge in [-0.15, -0.1) is 0 Å². The average Bonchev–Trinajstić information content (AvgIpc) is 1.00. The Morgan fingerprint density at radius 2 is 1.20 bits per heavy atom. The molecule has 0 aliphatic heterocycles. The molecule has 0 aliphatic rings. The molecule has 0 aliphatic carbocycles. The molecule has 0 saturated heterocycles. The van der Waals surface area contributed by atoms with Crippen LogP contribution in [0.4, 0.5) is 0 Å². The molecule has 0 aromatic carbocycles. The average molecular weight is 387 g/mol. The quantitative estimate of drug-likeness (QED) is 0.494. The van der Waals surface area contributed by atoms with E-state index in [1.165, 1.54) is 0 Å². The van der Waals surface area contributed by atoms with E-state index in [0.717, 1.165) is 0 Å². The fourth-order valence-corrected chi connectivity index (χ4v) is 0. The van der Waals surface area contributed by atoms with Crippen molar-refractivity contribution in [3.05, 3.63) is 0 Å². The summed E-state index contributed by atoms with van der Waals surface area (Å²) in [6, 6.07) is 0. The van der Waals surface area contributed by atoms with E-state index in [0.29, 0.717) is 22.5 Å². The van der Waals surface area contributed by atoms with Crippen LogP contribution in [-0.2, 0) is 36.9 Å². The second kappa shape index (κ2) is 27.0. The van der Waals surface area contributed by atoms with E-state index >= 15 is 0 Å². The van der Waals surface area contributed by atoms with Gasteiger partial charge in [-0.05, 0) is 0 Å². The summed E-state index contributed by atoms with van der Waals surface area (Å²) in [6.07, 6.45) is 0. The van der Waals surface area contributed by atoms with Gasteiger partial charge >= 0.3 is 25.6 Å². The molecule has 5 heteroatoms. The van der Waals surface area contributed by atoms with E-state index in [4.69, 9.17) is 3.08 Å². The Bertz CT molecular complexity index is 11.6. The van der Waals surface area contributed by atoms with Gasteiger partial charge in [-0.3, -0.25) is 0 Å². The maximum absolute atomic E-state index is 8.34. The van der Waals surface area contributed by atoms with Crippen LogP contribution in [0.1, 0.15) is 0 Å². The van der Waals surface area contributed by atoms with Gasteiger partial charge in [0, 0.05) is 82.7 Å². The van der Waals surface area contributed by atoms with E-state index in [9.17, 15) is 0 Å². The van der Waals surface area contributed by atoms with Crippen molar-refractivity contribution in [1.82, 2.24) is 0 Å². The molecule has 0 atom stereocenters. The van der Waals surface area contributed by atoms with Gasteiger partial charge in [0.1, 0.15) is 0 Å². The van der Waals surface area contributed by atoms with Crippen LogP contribution in [-0.4, -0.2) is 71.4 Å². The molecule has 0 unspecified atom stereocenters. The SMILES string of the molecule is [Ba].[Co].[Fe].[O]=[Sn]. The fourth-order valence-electron chi connectivity index (χ4n) is 0. The maximum atomic E-state index is 8.34. The van der Waals surface area contributed by atoms with Crippen molar-refractivity contribution in [3.8, 4) is 0 Å². The monoisotopic (exact) mass is 389 g/mol. The van der Waals surface area contributed by atoms with Crippen LogP contribution < -0.4 is 0 Å². The van der Waals surface area contributed by atoms with E-state index in [2.05, 4.69) is 0 Å². The summed E-state index contributed by atoms with van der Waals surface area (Å²) in [7, 11) is 0. The van der Waals surface area contributed by atoms with E-state index in [-0.39, 0.29) is 82.7 Å². The second-order valence-electron chi connectivity index (χ2n) is 0. The molecule has 5 radical (unpaired) electrons. The van der Waals surface area contributed by atoms with Gasteiger partial charge in [-0.2, -0.15) is 0 Å². The first-order valence-electron chi connectivity index (χ1n) is 0.204. The molecule has 29 valence electrons. The summed E-state index contributed by atoms with van der Waals surface area (Å²) >= 11 is 0.300. The Hall–Kier alpha value is 3.20. The zero-order valence-corrected chi connectivity index (χ0v) is 11.7. The molecule has 0 rings (SSSR count). The Labute approximate surface area is 106 Å². The summed E-state index contributed by atoms with van der Waals surface area (Å²) in [5.41, 5.74) is 0. The van der Waals surface area contributed by atoms with Crippen molar-refractivity contribution in [2.24, 2.45) is 0 Å². The fraction of sp³-hybridized carbons (Fsp3) is 0. The number of hydrogen-bond acceptors (Lipinski definition) is 1. The third-order valence-electron chi connectivity index (χ3n) is 0. The molecule has 0 fully saturated rings. The predicted molar refractivity (Wildman–Crippen MR) is 12.2 cm³/mol. The summed E-state index contributed by atoms with van der Waals surface area (Å²) in [6.45, 7) is 0. The summed E-state index contributed by atoms with van der Waals surface area (Å²) in [4.78, 5) is 0. The zero-order chi connectivity index (χ0) is 2.00. The molecular weight excluding hydrogens is 387 g/mol. The van der Waals surface area contributed by atoms with Gasteiger partial charge in [0.2, 0.25) is 0 Å². The predicted octanol–water partition coefficient (Wildman–Crippen LogP) is -0.885. The van der Waals surface area contributed by atoms with Crippen LogP contribution in [0.25, 0.3) is 0 Å². The topological polar surface area (TPSA) is 17.1 Å². The van der Waals surface area contributed by atoms with E-state index in [1.54, 1.807) is 0 Å². The third kappa shape index (κ3) is 19.0. The molecule has 0 aromatic heterocycles. The standard InChI is InChI=1S/Ba.Co.Fe.O.Sn. The first-order valence-corrected chi connectivity index (χ1v) is 1.37. The van der Waals surface area contributed by atoms with Crippen molar-refractivity contribution in [3.63, 3.8) is 0 Å². The molecule has 1 nitrogen and oxygen atoms in total. The minimum atomic E-state index is 0. The van der Waals surface area contributed by atoms with Crippen LogP contribution in [0.2, 0.25) is 0 Å². The molecule has 0 heterocycles. The first kappa shape index (κ1) is 24.1. The van der Waals surface area contributed by atoms with Crippen molar-refractivity contribution in [2.45, 2.75) is 0 Å². The van der Waals surface area contributed by atoms with Crippen LogP contribution in [0, 0.1) is 0 Å². The molecular formula is BaCoFeOSn. The molecule has 5 heavy (non-hydrogen) atoms. The van der Waals surface area contributed by atoms with E-state index in [1.807, 2.05) is 0 Å². The van der Waals surface area contributed by atoms with Crippen molar-refractivity contribution in [2.75, 3.05) is 0 Å². The van der Waals surface area contributed by atoms with Crippen LogP contribution >= 0.6 is 0 Å². The molecule has 0 aromatic rings. The zero-order valence-electron chi connectivity index (χ0n) is 2.30. The Morgan fingerprint density at radius 3 is 1.20 bits per heavy atom. The summed E-state index contributed by atoms with van der Waals surface area (Å²) < 4.78 is 8.34. The third-order valence-corrected chi connectivity index (χ3v) is 0. The van der Waals surface area contributed by atoms with Crippen LogP contribution in [0.15, 0.2) is 0 Å². The normalized spacial score (nSPS) is 0.800. The molecule has 0 spiro atoms. The van der Waals surface area contributed by atoms with Crippen molar-refractivity contribution in [1.29, 1.82) is 0 Å². The van der Waals surface area contributed by atoms with Gasteiger partial charge in [-0.1, -0.05) is 0 Å². The van der Waals surface area contributed by atoms with Gasteiger partial charge < -0.3 is 0 Å². The number of rotatable bonds is 0. The first-order chi connectivity index (χ1) is 1.00. The second-order valence-corrected chi connectivity index (χ2v) is 0. The Balaban J connectivity index is -0.00000000167. The van der Waals surface area contributed by atoms with Crippen LogP contribution in [0.5, 0.6) is 0 Å².